The van der Waals surface area contributed by atoms with Crippen molar-refractivity contribution in [3.8, 4) is 0 Å². The molecule has 0 saturated carbocycles. The molecule has 3 unspecified atom stereocenters. The van der Waals surface area contributed by atoms with Crippen molar-refractivity contribution in [3.05, 3.63) is 48.6 Å². The maximum atomic E-state index is 13.2. The quantitative estimate of drug-likeness (QED) is 0.0245. The Bertz CT molecular complexity index is 1070. The molecule has 0 heterocycles. The van der Waals surface area contributed by atoms with E-state index in [4.69, 9.17) is 4.74 Å². The molecule has 3 N–H and O–H groups in total. The average molecular weight is 870 g/mol. The molecule has 3 atom stereocenters. The summed E-state index contributed by atoms with van der Waals surface area (Å²) in [5.74, 6) is -0.512. The maximum Gasteiger partial charge on any atom is 0.306 e. The van der Waals surface area contributed by atoms with Crippen molar-refractivity contribution in [3.63, 3.8) is 0 Å². The van der Waals surface area contributed by atoms with Gasteiger partial charge in [0.15, 0.2) is 0 Å². The summed E-state index contributed by atoms with van der Waals surface area (Å²) in [4.78, 5) is 26.1. The maximum absolute atomic E-state index is 13.2. The molecule has 6 heteroatoms. The van der Waals surface area contributed by atoms with Gasteiger partial charge in [0, 0.05) is 6.42 Å². The zero-order valence-corrected chi connectivity index (χ0v) is 41.3. The highest BCUT2D eigenvalue weighted by atomic mass is 16.5. The van der Waals surface area contributed by atoms with Gasteiger partial charge in [0.25, 0.3) is 0 Å². The van der Waals surface area contributed by atoms with E-state index in [0.717, 1.165) is 77.0 Å². The molecule has 0 aliphatic rings. The van der Waals surface area contributed by atoms with Crippen molar-refractivity contribution in [2.24, 2.45) is 0 Å². The standard InChI is InChI=1S/C56H103NO5/c1-4-7-10-13-16-19-22-24-26-27-28-29-31-34-37-40-43-46-49-56(61)62-52(47-44-41-38-35-32-21-18-15-12-9-6-3)50-55(60)57-53(51-58)54(59)48-45-42-39-36-33-30-25-23-20-17-14-11-8-5-2/h9,12,15,18,21,28-29,32,52-54,58-59H,4-8,10-11,13-14,16-17,19-20,22-27,30-31,33-51H2,1-3H3,(H,57,60)/b12-9+,18-15+,29-28+,32-21-. The molecule has 6 nitrogen and oxygen atoms in total. The van der Waals surface area contributed by atoms with E-state index in [0.29, 0.717) is 19.3 Å². The lowest BCUT2D eigenvalue weighted by Gasteiger charge is -2.24. The fourth-order valence-corrected chi connectivity index (χ4v) is 8.13. The Morgan fingerprint density at radius 2 is 0.887 bits per heavy atom. The largest absolute Gasteiger partial charge is 0.462 e. The van der Waals surface area contributed by atoms with Crippen LogP contribution in [0.5, 0.6) is 0 Å². The minimum Gasteiger partial charge on any atom is -0.462 e. The molecule has 1 amide bonds. The number of aliphatic hydroxyl groups is 2. The van der Waals surface area contributed by atoms with Gasteiger partial charge in [-0.25, -0.2) is 0 Å². The van der Waals surface area contributed by atoms with E-state index >= 15 is 0 Å². The van der Waals surface area contributed by atoms with Crippen LogP contribution < -0.4 is 5.32 Å². The van der Waals surface area contributed by atoms with Gasteiger partial charge in [-0.1, -0.05) is 236 Å². The summed E-state index contributed by atoms with van der Waals surface area (Å²) >= 11 is 0. The number of aliphatic hydroxyl groups excluding tert-OH is 2. The molecular weight excluding hydrogens is 767 g/mol. The number of amides is 1. The molecule has 0 fully saturated rings. The molecule has 0 bridgehead atoms. The summed E-state index contributed by atoms with van der Waals surface area (Å²) in [6.07, 6.45) is 60.4. The second-order valence-corrected chi connectivity index (χ2v) is 18.3. The summed E-state index contributed by atoms with van der Waals surface area (Å²) in [5.41, 5.74) is 0. The number of hydrogen-bond donors (Lipinski definition) is 3. The van der Waals surface area contributed by atoms with Gasteiger partial charge in [-0.3, -0.25) is 9.59 Å². The molecule has 0 saturated heterocycles. The van der Waals surface area contributed by atoms with E-state index in [1.54, 1.807) is 0 Å². The third-order valence-corrected chi connectivity index (χ3v) is 12.2. The Labute approximate surface area is 385 Å². The van der Waals surface area contributed by atoms with E-state index in [1.165, 1.54) is 148 Å². The number of nitrogens with one attached hydrogen (secondary N) is 1. The number of hydrogen-bond acceptors (Lipinski definition) is 5. The summed E-state index contributed by atoms with van der Waals surface area (Å²) in [6.45, 7) is 6.35. The average Bonchev–Trinajstić information content (AvgIpc) is 3.26. The van der Waals surface area contributed by atoms with Crippen molar-refractivity contribution in [1.29, 1.82) is 0 Å². The van der Waals surface area contributed by atoms with E-state index in [9.17, 15) is 19.8 Å². The van der Waals surface area contributed by atoms with Crippen LogP contribution in [-0.4, -0.2) is 46.9 Å². The Kier molecular flexibility index (Phi) is 48.1. The fourth-order valence-electron chi connectivity index (χ4n) is 8.13. The lowest BCUT2D eigenvalue weighted by molar-refractivity contribution is -0.151. The lowest BCUT2D eigenvalue weighted by atomic mass is 10.0. The van der Waals surface area contributed by atoms with Gasteiger partial charge in [0.2, 0.25) is 5.91 Å². The van der Waals surface area contributed by atoms with Crippen LogP contribution in [0.1, 0.15) is 271 Å². The molecule has 0 spiro atoms. The second-order valence-electron chi connectivity index (χ2n) is 18.3. The van der Waals surface area contributed by atoms with Crippen LogP contribution in [0.3, 0.4) is 0 Å². The van der Waals surface area contributed by atoms with Crippen LogP contribution in [0, 0.1) is 0 Å². The number of carbonyl (C=O) groups excluding carboxylic acids is 2. The van der Waals surface area contributed by atoms with Gasteiger partial charge in [-0.05, 0) is 70.6 Å². The van der Waals surface area contributed by atoms with Crippen LogP contribution in [0.15, 0.2) is 48.6 Å². The van der Waals surface area contributed by atoms with E-state index in [-0.39, 0.29) is 24.9 Å². The van der Waals surface area contributed by atoms with Gasteiger partial charge in [-0.15, -0.1) is 0 Å². The number of rotatable bonds is 48. The number of unbranched alkanes of at least 4 members (excludes halogenated alkanes) is 30. The SMILES string of the molecule is CC/C=C/C=C/C=C\CCCCCC(CC(=O)NC(CO)C(O)CCCCCCCCCCCCCCCC)OC(=O)CCCCCCC/C=C/CCCCCCCCCCC. The Morgan fingerprint density at radius 3 is 1.37 bits per heavy atom. The third-order valence-electron chi connectivity index (χ3n) is 12.2. The fraction of sp³-hybridized carbons (Fsp3) is 0.821. The van der Waals surface area contributed by atoms with Gasteiger partial charge < -0.3 is 20.3 Å². The van der Waals surface area contributed by atoms with Crippen molar-refractivity contribution >= 4 is 11.9 Å². The molecule has 0 aromatic rings. The van der Waals surface area contributed by atoms with Crippen LogP contribution in [0.2, 0.25) is 0 Å². The molecule has 362 valence electrons. The number of ether oxygens (including phenoxy) is 1. The topological polar surface area (TPSA) is 95.9 Å². The van der Waals surface area contributed by atoms with Gasteiger partial charge in [0.05, 0.1) is 25.2 Å². The first kappa shape index (κ1) is 59.8. The monoisotopic (exact) mass is 870 g/mol. The highest BCUT2D eigenvalue weighted by Crippen LogP contribution is 2.18. The summed E-state index contributed by atoms with van der Waals surface area (Å²) < 4.78 is 5.92. The van der Waals surface area contributed by atoms with E-state index in [2.05, 4.69) is 68.6 Å². The molecule has 0 aromatic carbocycles. The first-order valence-corrected chi connectivity index (χ1v) is 26.9. The van der Waals surface area contributed by atoms with Crippen molar-refractivity contribution in [2.45, 2.75) is 289 Å². The molecule has 62 heavy (non-hydrogen) atoms. The van der Waals surface area contributed by atoms with Crippen molar-refractivity contribution in [1.82, 2.24) is 5.32 Å². The summed E-state index contributed by atoms with van der Waals surface area (Å²) in [7, 11) is 0. The van der Waals surface area contributed by atoms with Crippen LogP contribution >= 0.6 is 0 Å². The summed E-state index contributed by atoms with van der Waals surface area (Å²) in [6, 6.07) is -0.714. The number of carbonyl (C=O) groups is 2. The van der Waals surface area contributed by atoms with Gasteiger partial charge >= 0.3 is 5.97 Å². The molecule has 0 aliphatic carbocycles. The minimum absolute atomic E-state index is 0.0520. The first-order chi connectivity index (χ1) is 30.5. The van der Waals surface area contributed by atoms with Crippen LogP contribution in [0.25, 0.3) is 0 Å². The molecule has 0 rings (SSSR count). The minimum atomic E-state index is -0.798. The Morgan fingerprint density at radius 1 is 0.484 bits per heavy atom. The Balaban J connectivity index is 4.52. The van der Waals surface area contributed by atoms with Crippen LogP contribution in [0.4, 0.5) is 0 Å². The predicted octanol–water partition coefficient (Wildman–Crippen LogP) is 16.2. The Hall–Kier alpha value is -2.18. The van der Waals surface area contributed by atoms with E-state index < -0.39 is 18.2 Å². The molecule has 0 aromatic heterocycles. The van der Waals surface area contributed by atoms with Gasteiger partial charge in [0.1, 0.15) is 6.10 Å². The normalized spacial score (nSPS) is 13.6. The van der Waals surface area contributed by atoms with E-state index in [1.807, 2.05) is 6.08 Å². The van der Waals surface area contributed by atoms with Crippen molar-refractivity contribution < 1.29 is 24.5 Å². The molecule has 0 radical (unpaired) electrons. The number of allylic oxidation sites excluding steroid dienone is 8. The predicted molar refractivity (Wildman–Crippen MR) is 269 cm³/mol. The van der Waals surface area contributed by atoms with Crippen molar-refractivity contribution in [2.75, 3.05) is 6.61 Å². The molecular formula is C56H103NO5. The number of esters is 1. The van der Waals surface area contributed by atoms with Gasteiger partial charge in [-0.2, -0.15) is 0 Å². The highest BCUT2D eigenvalue weighted by molar-refractivity contribution is 5.77. The smallest absolute Gasteiger partial charge is 0.306 e. The second kappa shape index (κ2) is 49.8. The first-order valence-electron chi connectivity index (χ1n) is 26.9. The summed E-state index contributed by atoms with van der Waals surface area (Å²) in [5, 5.41) is 23.8. The molecule has 0 aliphatic heterocycles. The lowest BCUT2D eigenvalue weighted by Crippen LogP contribution is -2.46. The zero-order chi connectivity index (χ0) is 45.2. The van der Waals surface area contributed by atoms with Crippen LogP contribution in [-0.2, 0) is 14.3 Å². The zero-order valence-electron chi connectivity index (χ0n) is 41.3. The highest BCUT2D eigenvalue weighted by Gasteiger charge is 2.24. The third kappa shape index (κ3) is 44.4.